The van der Waals surface area contributed by atoms with Gasteiger partial charge in [-0.3, -0.25) is 5.10 Å². The highest BCUT2D eigenvalue weighted by Crippen LogP contribution is 2.30. The van der Waals surface area contributed by atoms with Crippen LogP contribution in [0.15, 0.2) is 4.90 Å². The van der Waals surface area contributed by atoms with E-state index < -0.39 is 9.84 Å². The van der Waals surface area contributed by atoms with E-state index in [4.69, 9.17) is 10.8 Å². The number of nitrogens with two attached hydrogens (primary N) is 1. The molecular weight excluding hydrogens is 256 g/mol. The van der Waals surface area contributed by atoms with Crippen LogP contribution in [0.5, 0.6) is 0 Å². The first-order valence-electron chi connectivity index (χ1n) is 5.83. The first-order chi connectivity index (χ1) is 8.43. The summed E-state index contributed by atoms with van der Waals surface area (Å²) in [6, 6.07) is 0. The monoisotopic (exact) mass is 274 g/mol. The lowest BCUT2D eigenvalue weighted by Gasteiger charge is -2.31. The van der Waals surface area contributed by atoms with Gasteiger partial charge in [0.25, 0.3) is 0 Å². The fraction of sp³-hybridized carbons (Fsp3) is 0.700. The number of piperidine rings is 1. The van der Waals surface area contributed by atoms with Gasteiger partial charge in [-0.25, -0.2) is 8.42 Å². The van der Waals surface area contributed by atoms with E-state index in [1.807, 2.05) is 4.90 Å². The normalized spacial score (nSPS) is 18.2. The number of sulfone groups is 1. The van der Waals surface area contributed by atoms with Crippen LogP contribution in [-0.2, 0) is 9.84 Å². The Balaban J connectivity index is 2.25. The molecule has 0 radical (unpaired) electrons. The van der Waals surface area contributed by atoms with Crippen molar-refractivity contribution in [3.05, 3.63) is 0 Å². The fourth-order valence-corrected chi connectivity index (χ4v) is 3.19. The first kappa shape index (κ1) is 13.2. The van der Waals surface area contributed by atoms with Gasteiger partial charge in [-0.1, -0.05) is 0 Å². The molecule has 18 heavy (non-hydrogen) atoms. The third-order valence-corrected chi connectivity index (χ3v) is 4.42. The summed E-state index contributed by atoms with van der Waals surface area (Å²) in [5.74, 6) is 0.766. The molecule has 1 fully saturated rings. The third-order valence-electron chi connectivity index (χ3n) is 3.27. The van der Waals surface area contributed by atoms with Crippen molar-refractivity contribution < 1.29 is 13.5 Å². The number of aromatic amines is 1. The fourth-order valence-electron chi connectivity index (χ4n) is 2.24. The number of nitrogens with zero attached hydrogens (tertiary/aromatic N) is 2. The number of hydrogen-bond donors (Lipinski definition) is 3. The molecule has 1 saturated heterocycles. The molecule has 1 aromatic heterocycles. The second kappa shape index (κ2) is 4.77. The number of nitrogen functional groups attached to an aromatic ring is 1. The summed E-state index contributed by atoms with van der Waals surface area (Å²) in [5, 5.41) is 15.6. The average Bonchev–Trinajstić information content (AvgIpc) is 2.71. The smallest absolute Gasteiger partial charge is 0.182 e. The van der Waals surface area contributed by atoms with Crippen LogP contribution < -0.4 is 10.6 Å². The molecule has 1 aliphatic heterocycles. The molecule has 0 amide bonds. The van der Waals surface area contributed by atoms with Crippen molar-refractivity contribution in [2.75, 3.05) is 36.6 Å². The van der Waals surface area contributed by atoms with Gasteiger partial charge in [0.15, 0.2) is 20.6 Å². The molecule has 2 heterocycles. The van der Waals surface area contributed by atoms with Crippen molar-refractivity contribution in [2.45, 2.75) is 17.7 Å². The van der Waals surface area contributed by atoms with Crippen LogP contribution in [0.1, 0.15) is 12.8 Å². The zero-order valence-electron chi connectivity index (χ0n) is 10.3. The van der Waals surface area contributed by atoms with Gasteiger partial charge in [0.1, 0.15) is 5.82 Å². The Morgan fingerprint density at radius 1 is 1.50 bits per heavy atom. The lowest BCUT2D eigenvalue weighted by molar-refractivity contribution is 0.202. The highest BCUT2D eigenvalue weighted by molar-refractivity contribution is 7.91. The van der Waals surface area contributed by atoms with Gasteiger partial charge in [-0.05, 0) is 18.8 Å². The molecule has 1 aromatic rings. The third kappa shape index (κ3) is 2.44. The van der Waals surface area contributed by atoms with E-state index in [-0.39, 0.29) is 17.3 Å². The summed E-state index contributed by atoms with van der Waals surface area (Å²) in [6.45, 7) is 1.53. The quantitative estimate of drug-likeness (QED) is 0.691. The number of aromatic nitrogens is 2. The van der Waals surface area contributed by atoms with Crippen LogP contribution in [0.4, 0.5) is 11.6 Å². The SMILES string of the molecule is CS(=O)(=O)c1c(N2CCC(CO)CC2)n[nH]c1N. The minimum atomic E-state index is -3.40. The molecule has 0 saturated carbocycles. The van der Waals surface area contributed by atoms with Gasteiger partial charge in [-0.2, -0.15) is 5.10 Å². The lowest BCUT2D eigenvalue weighted by atomic mass is 9.98. The molecule has 4 N–H and O–H groups in total. The van der Waals surface area contributed by atoms with Crippen LogP contribution in [0.25, 0.3) is 0 Å². The van der Waals surface area contributed by atoms with Crippen LogP contribution in [0.2, 0.25) is 0 Å². The van der Waals surface area contributed by atoms with E-state index in [1.165, 1.54) is 0 Å². The van der Waals surface area contributed by atoms with E-state index in [0.29, 0.717) is 24.8 Å². The molecule has 2 rings (SSSR count). The lowest BCUT2D eigenvalue weighted by Crippen LogP contribution is -2.35. The summed E-state index contributed by atoms with van der Waals surface area (Å²) in [5.41, 5.74) is 5.62. The summed E-state index contributed by atoms with van der Waals surface area (Å²) in [4.78, 5) is 1.97. The summed E-state index contributed by atoms with van der Waals surface area (Å²) in [6.07, 6.45) is 2.77. The topological polar surface area (TPSA) is 112 Å². The maximum absolute atomic E-state index is 11.7. The number of rotatable bonds is 3. The molecule has 1 aliphatic rings. The Morgan fingerprint density at radius 3 is 2.61 bits per heavy atom. The van der Waals surface area contributed by atoms with Gasteiger partial charge in [0, 0.05) is 26.0 Å². The predicted octanol–water partition coefficient (Wildman–Crippen LogP) is -0.396. The first-order valence-corrected chi connectivity index (χ1v) is 7.72. The van der Waals surface area contributed by atoms with E-state index >= 15 is 0 Å². The Labute approximate surface area is 106 Å². The van der Waals surface area contributed by atoms with Crippen molar-refractivity contribution in [1.82, 2.24) is 10.2 Å². The molecule has 0 spiro atoms. The van der Waals surface area contributed by atoms with Crippen LogP contribution in [0, 0.1) is 5.92 Å². The molecule has 102 valence electrons. The van der Waals surface area contributed by atoms with E-state index in [1.54, 1.807) is 0 Å². The van der Waals surface area contributed by atoms with Crippen molar-refractivity contribution in [1.29, 1.82) is 0 Å². The number of hydrogen-bond acceptors (Lipinski definition) is 6. The van der Waals surface area contributed by atoms with E-state index in [2.05, 4.69) is 10.2 Å². The van der Waals surface area contributed by atoms with Crippen LogP contribution in [-0.4, -0.2) is 49.7 Å². The Hall–Kier alpha value is -1.28. The zero-order valence-corrected chi connectivity index (χ0v) is 11.1. The largest absolute Gasteiger partial charge is 0.396 e. The van der Waals surface area contributed by atoms with Crippen LogP contribution in [0.3, 0.4) is 0 Å². The number of aliphatic hydroxyl groups is 1. The number of anilines is 2. The van der Waals surface area contributed by atoms with E-state index in [9.17, 15) is 8.42 Å². The van der Waals surface area contributed by atoms with Crippen molar-refractivity contribution >= 4 is 21.5 Å². The van der Waals surface area contributed by atoms with Crippen molar-refractivity contribution in [3.63, 3.8) is 0 Å². The maximum Gasteiger partial charge on any atom is 0.182 e. The van der Waals surface area contributed by atoms with Crippen LogP contribution >= 0.6 is 0 Å². The second-order valence-electron chi connectivity index (χ2n) is 4.68. The summed E-state index contributed by atoms with van der Waals surface area (Å²) >= 11 is 0. The van der Waals surface area contributed by atoms with E-state index in [0.717, 1.165) is 19.1 Å². The van der Waals surface area contributed by atoms with Gasteiger partial charge < -0.3 is 15.7 Å². The average molecular weight is 274 g/mol. The molecule has 0 atom stereocenters. The molecule has 7 nitrogen and oxygen atoms in total. The minimum absolute atomic E-state index is 0.0740. The van der Waals surface area contributed by atoms with Gasteiger partial charge in [0.05, 0.1) is 0 Å². The van der Waals surface area contributed by atoms with Crippen molar-refractivity contribution in [2.24, 2.45) is 5.92 Å². The Morgan fingerprint density at radius 2 is 2.11 bits per heavy atom. The standard InChI is InChI=1S/C10H18N4O3S/c1-18(16,17)8-9(11)12-13-10(8)14-4-2-7(6-15)3-5-14/h7,15H,2-6H2,1H3,(H3,11,12,13). The zero-order chi connectivity index (χ0) is 13.3. The molecule has 0 aromatic carbocycles. The molecular formula is C10H18N4O3S. The molecule has 0 unspecified atom stereocenters. The van der Waals surface area contributed by atoms with Crippen molar-refractivity contribution in [3.8, 4) is 0 Å². The molecule has 8 heteroatoms. The molecule has 0 bridgehead atoms. The number of aliphatic hydroxyl groups excluding tert-OH is 1. The van der Waals surface area contributed by atoms with Gasteiger partial charge in [-0.15, -0.1) is 0 Å². The molecule has 0 aliphatic carbocycles. The number of nitrogens with one attached hydrogen (secondary N) is 1. The summed E-state index contributed by atoms with van der Waals surface area (Å²) in [7, 11) is -3.40. The Bertz CT molecular complexity index is 517. The maximum atomic E-state index is 11.7. The highest BCUT2D eigenvalue weighted by atomic mass is 32.2. The summed E-state index contributed by atoms with van der Waals surface area (Å²) < 4.78 is 23.4. The predicted molar refractivity (Wildman–Crippen MR) is 68.1 cm³/mol. The second-order valence-corrected chi connectivity index (χ2v) is 6.63. The highest BCUT2D eigenvalue weighted by Gasteiger charge is 2.27. The van der Waals surface area contributed by atoms with Gasteiger partial charge >= 0.3 is 0 Å². The minimum Gasteiger partial charge on any atom is -0.396 e. The van der Waals surface area contributed by atoms with Gasteiger partial charge in [0.2, 0.25) is 0 Å². The Kier molecular flexibility index (Phi) is 3.49. The number of H-pyrrole nitrogens is 1.